The number of carbonyl (C=O) groups excluding carboxylic acids is 2. The number of hydrogen-bond donors (Lipinski definition) is 5. The van der Waals surface area contributed by atoms with E-state index in [0.29, 0.717) is 0 Å². The third kappa shape index (κ3) is 3.80. The van der Waals surface area contributed by atoms with Gasteiger partial charge in [0.1, 0.15) is 23.7 Å². The number of benzene rings is 1. The summed E-state index contributed by atoms with van der Waals surface area (Å²) in [6, 6.07) is 5.90. The third-order valence-corrected chi connectivity index (χ3v) is 10.4. The summed E-state index contributed by atoms with van der Waals surface area (Å²) in [5.41, 5.74) is -9.90. The first kappa shape index (κ1) is 32.3. The first-order valence-electron chi connectivity index (χ1n) is 15.4. The summed E-state index contributed by atoms with van der Waals surface area (Å²) >= 11 is 0. The van der Waals surface area contributed by atoms with Crippen LogP contribution in [0.15, 0.2) is 49.5 Å². The van der Waals surface area contributed by atoms with Gasteiger partial charge in [-0.1, -0.05) is 6.07 Å². The van der Waals surface area contributed by atoms with Crippen molar-refractivity contribution in [1.82, 2.24) is 0 Å². The normalized spacial score (nSPS) is 29.2. The van der Waals surface area contributed by atoms with Crippen LogP contribution >= 0.6 is 0 Å². The Kier molecular flexibility index (Phi) is 6.53. The minimum atomic E-state index is -2.19. The number of aliphatic hydroxyl groups is 4. The number of Topliss-reactive ketones (excluding diaryl/α,β-unsaturated/α-hetero) is 1. The van der Waals surface area contributed by atoms with Gasteiger partial charge in [-0.15, -0.1) is 0 Å². The van der Waals surface area contributed by atoms with Gasteiger partial charge in [-0.3, -0.25) is 28.8 Å². The first-order chi connectivity index (χ1) is 22.8. The van der Waals surface area contributed by atoms with Crippen molar-refractivity contribution in [2.24, 2.45) is 5.92 Å². The molecule has 1 heterocycles. The molecule has 5 N–H and O–H groups in total. The maximum atomic E-state index is 14.0. The molecule has 252 valence electrons. The lowest BCUT2D eigenvalue weighted by atomic mass is 9.58. The van der Waals surface area contributed by atoms with E-state index in [4.69, 9.17) is 9.47 Å². The van der Waals surface area contributed by atoms with Gasteiger partial charge in [-0.05, 0) is 57.5 Å². The number of aryl methyl sites for hydroxylation is 1. The molecule has 6 aliphatic rings. The zero-order valence-electron chi connectivity index (χ0n) is 26.8. The van der Waals surface area contributed by atoms with Gasteiger partial charge in [0, 0.05) is 50.2 Å². The average Bonchev–Trinajstić information content (AvgIpc) is 3.70. The van der Waals surface area contributed by atoms with Crippen LogP contribution in [-0.4, -0.2) is 60.2 Å². The van der Waals surface area contributed by atoms with E-state index in [2.05, 4.69) is 0 Å². The Bertz CT molecular complexity index is 2810. The number of aromatic hydroxyl groups is 1. The van der Waals surface area contributed by atoms with Crippen LogP contribution in [-0.2, 0) is 19.1 Å². The third-order valence-electron chi connectivity index (χ3n) is 10.4. The van der Waals surface area contributed by atoms with Crippen molar-refractivity contribution in [2.75, 3.05) is 0 Å². The van der Waals surface area contributed by atoms with Gasteiger partial charge in [-0.25, -0.2) is 0 Å². The number of aliphatic hydroxyl groups excluding tert-OH is 3. The van der Waals surface area contributed by atoms with Crippen molar-refractivity contribution in [3.05, 3.63) is 124 Å². The van der Waals surface area contributed by atoms with Crippen LogP contribution in [0.4, 0.5) is 0 Å². The summed E-state index contributed by atoms with van der Waals surface area (Å²) < 4.78 is 11.3. The van der Waals surface area contributed by atoms with Gasteiger partial charge in [0.15, 0.2) is 33.3 Å². The standard InChI is InChI=1S/C36H30O13/c1-12-10-20(39)25-26(22(12)13(2)37)29(43)18-8-6-16(27(41)23(18)30(25)44)17-7-9-19-24(28(17)42)33(46)35-21(40)11-34(5,47)31(14(3)48-15(4)38)36(35,49-35)32(19)45/h6-10,14,31,33,37,42,45-47H,11H2,1-5H3/b17-16-,22-13+. The van der Waals surface area contributed by atoms with E-state index in [1.807, 2.05) is 0 Å². The summed E-state index contributed by atoms with van der Waals surface area (Å²) in [6.07, 6.45) is -3.61. The molecule has 0 aromatic heterocycles. The number of rotatable bonds is 2. The quantitative estimate of drug-likeness (QED) is 0.127. The molecule has 0 bridgehead atoms. The molecule has 2 fully saturated rings. The molecule has 1 aromatic rings. The molecule has 13 nitrogen and oxygen atoms in total. The maximum Gasteiger partial charge on any atom is 0.302 e. The minimum absolute atomic E-state index is 0.00788. The lowest BCUT2D eigenvalue weighted by molar-refractivity contribution is -0.162. The highest BCUT2D eigenvalue weighted by atomic mass is 16.7. The second kappa shape index (κ2) is 9.91. The fraction of sp³-hybridized carbons (Fsp3) is 0.333. The van der Waals surface area contributed by atoms with Gasteiger partial charge < -0.3 is 35.0 Å². The summed E-state index contributed by atoms with van der Waals surface area (Å²) in [6.45, 7) is 6.71. The Morgan fingerprint density at radius 3 is 2.12 bits per heavy atom. The highest BCUT2D eigenvalue weighted by molar-refractivity contribution is 5.99. The molecular formula is C36H30O13. The fourth-order valence-corrected chi connectivity index (χ4v) is 8.63. The van der Waals surface area contributed by atoms with Gasteiger partial charge in [0.25, 0.3) is 0 Å². The highest BCUT2D eigenvalue weighted by Crippen LogP contribution is 2.70. The molecule has 7 rings (SSSR count). The molecule has 1 aromatic carbocycles. The smallest absolute Gasteiger partial charge is 0.302 e. The van der Waals surface area contributed by atoms with E-state index >= 15 is 0 Å². The van der Waals surface area contributed by atoms with E-state index in [9.17, 15) is 54.3 Å². The van der Waals surface area contributed by atoms with E-state index in [1.165, 1.54) is 52.0 Å². The topological polar surface area (TPSA) is 225 Å². The molecule has 0 radical (unpaired) electrons. The van der Waals surface area contributed by atoms with Crippen molar-refractivity contribution < 1.29 is 44.6 Å². The van der Waals surface area contributed by atoms with Crippen molar-refractivity contribution in [2.45, 2.75) is 70.1 Å². The van der Waals surface area contributed by atoms with Crippen LogP contribution in [0.3, 0.4) is 0 Å². The number of phenols is 1. The highest BCUT2D eigenvalue weighted by Gasteiger charge is 2.89. The Morgan fingerprint density at radius 1 is 0.898 bits per heavy atom. The predicted molar refractivity (Wildman–Crippen MR) is 168 cm³/mol. The molecule has 6 atom stereocenters. The predicted octanol–water partition coefficient (Wildman–Crippen LogP) is -1.05. The Labute approximate surface area is 273 Å². The summed E-state index contributed by atoms with van der Waals surface area (Å²) in [7, 11) is 0. The van der Waals surface area contributed by atoms with Crippen LogP contribution in [0.25, 0.3) is 11.5 Å². The number of epoxide rings is 1. The van der Waals surface area contributed by atoms with E-state index in [0.717, 1.165) is 13.0 Å². The number of carbonyl (C=O) groups is 2. The van der Waals surface area contributed by atoms with Crippen molar-refractivity contribution >= 4 is 23.3 Å². The summed E-state index contributed by atoms with van der Waals surface area (Å²) in [5.74, 6) is -4.41. The number of fused-ring (bicyclic) bond motifs is 1. The van der Waals surface area contributed by atoms with Crippen LogP contribution < -0.4 is 32.2 Å². The summed E-state index contributed by atoms with van der Waals surface area (Å²) in [4.78, 5) is 79.8. The van der Waals surface area contributed by atoms with Crippen LogP contribution in [0, 0.1) is 44.2 Å². The molecule has 6 unspecified atom stereocenters. The number of esters is 1. The Morgan fingerprint density at radius 2 is 1.49 bits per heavy atom. The van der Waals surface area contributed by atoms with Crippen molar-refractivity contribution in [3.63, 3.8) is 0 Å². The number of ketones is 1. The molecule has 1 aliphatic heterocycles. The molecule has 1 saturated heterocycles. The van der Waals surface area contributed by atoms with Crippen LogP contribution in [0.2, 0.25) is 0 Å². The van der Waals surface area contributed by atoms with E-state index < -0.39 is 96.8 Å². The number of hydrogen-bond acceptors (Lipinski definition) is 13. The maximum absolute atomic E-state index is 14.0. The van der Waals surface area contributed by atoms with Gasteiger partial charge in [0.05, 0.1) is 27.7 Å². The average molecular weight is 671 g/mol. The second-order valence-electron chi connectivity index (χ2n) is 13.4. The van der Waals surface area contributed by atoms with Crippen LogP contribution in [0.1, 0.15) is 51.3 Å². The first-order valence-corrected chi connectivity index (χ1v) is 15.4. The Hall–Kier alpha value is -5.24. The lowest BCUT2D eigenvalue weighted by Crippen LogP contribution is -2.64. The molecule has 49 heavy (non-hydrogen) atoms. The van der Waals surface area contributed by atoms with E-state index in [1.54, 1.807) is 0 Å². The SMILES string of the molecule is CC(=O)OC(C)C1C(C)(O)CC(=O)C23OC12C(O)=c1cc/c(=c2\ccc4c(=O)c5/c(=C(\C)O)c(C)cc(=O)c=5c(=O)c=4c2=O)c(O)c1C3O. The van der Waals surface area contributed by atoms with Gasteiger partial charge >= 0.3 is 5.97 Å². The zero-order valence-corrected chi connectivity index (χ0v) is 26.8. The molecule has 5 aliphatic carbocycles. The number of phenolic OH excluding ortho intramolecular Hbond substituents is 1. The molecule has 13 heteroatoms. The van der Waals surface area contributed by atoms with Crippen molar-refractivity contribution in [1.29, 1.82) is 0 Å². The number of ether oxygens (including phenoxy) is 2. The minimum Gasteiger partial charge on any atom is -0.512 e. The fourth-order valence-electron chi connectivity index (χ4n) is 8.63. The monoisotopic (exact) mass is 670 g/mol. The molecule has 0 amide bonds. The molecule has 1 saturated carbocycles. The second-order valence-corrected chi connectivity index (χ2v) is 13.4. The summed E-state index contributed by atoms with van der Waals surface area (Å²) in [5, 5.41) is 54.2. The van der Waals surface area contributed by atoms with Crippen molar-refractivity contribution in [3.8, 4) is 5.75 Å². The molecular weight excluding hydrogens is 640 g/mol. The van der Waals surface area contributed by atoms with Gasteiger partial charge in [-0.2, -0.15) is 0 Å². The lowest BCUT2D eigenvalue weighted by Gasteiger charge is -2.46. The Balaban J connectivity index is 1.59. The van der Waals surface area contributed by atoms with E-state index in [-0.39, 0.29) is 48.2 Å². The zero-order chi connectivity index (χ0) is 35.9. The largest absolute Gasteiger partial charge is 0.512 e. The van der Waals surface area contributed by atoms with Crippen LogP contribution in [0.5, 0.6) is 5.75 Å². The van der Waals surface area contributed by atoms with Gasteiger partial charge in [0.2, 0.25) is 5.43 Å². The molecule has 0 spiro atoms.